The van der Waals surface area contributed by atoms with Crippen molar-refractivity contribution < 1.29 is 9.53 Å². The van der Waals surface area contributed by atoms with Crippen LogP contribution in [0.3, 0.4) is 0 Å². The molecular weight excluding hydrogens is 254 g/mol. The first kappa shape index (κ1) is 13.1. The fourth-order valence-corrected chi connectivity index (χ4v) is 3.21. The molecule has 2 aliphatic heterocycles. The Balaban J connectivity index is 2.26. The molecule has 3 heterocycles. The number of amides is 1. The van der Waals surface area contributed by atoms with Gasteiger partial charge in [-0.15, -0.1) is 4.98 Å². The Hall–Kier alpha value is -1.93. The van der Waals surface area contributed by atoms with E-state index in [0.717, 1.165) is 11.3 Å². The van der Waals surface area contributed by atoms with Crippen molar-refractivity contribution >= 4 is 11.7 Å². The second-order valence-corrected chi connectivity index (χ2v) is 5.50. The lowest BCUT2D eigenvalue weighted by Gasteiger charge is -2.49. The molecule has 20 heavy (non-hydrogen) atoms. The third-order valence-electron chi connectivity index (χ3n) is 4.66. The van der Waals surface area contributed by atoms with E-state index in [-0.39, 0.29) is 5.91 Å². The maximum Gasteiger partial charge on any atom is 0.269 e. The molecule has 3 rings (SSSR count). The van der Waals surface area contributed by atoms with Crippen LogP contribution in [0.2, 0.25) is 0 Å². The molecule has 1 N–H and O–H groups in total. The lowest BCUT2D eigenvalue weighted by atomic mass is 9.68. The Kier molecular flexibility index (Phi) is 2.80. The first-order chi connectivity index (χ1) is 9.62. The molecule has 1 saturated heterocycles. The second kappa shape index (κ2) is 4.29. The molecule has 1 spiro atoms. The summed E-state index contributed by atoms with van der Waals surface area (Å²) < 4.78 is 5.31. The number of hydrogen-bond acceptors (Lipinski definition) is 3. The van der Waals surface area contributed by atoms with E-state index in [0.29, 0.717) is 31.9 Å². The van der Waals surface area contributed by atoms with Gasteiger partial charge in [0, 0.05) is 5.56 Å². The van der Waals surface area contributed by atoms with Gasteiger partial charge in [0.2, 0.25) is 5.91 Å². The van der Waals surface area contributed by atoms with Crippen molar-refractivity contribution in [3.05, 3.63) is 34.8 Å². The van der Waals surface area contributed by atoms with Gasteiger partial charge in [-0.1, -0.05) is 26.5 Å². The van der Waals surface area contributed by atoms with Crippen molar-refractivity contribution in [1.29, 1.82) is 0 Å². The van der Waals surface area contributed by atoms with Crippen molar-refractivity contribution in [3.8, 4) is 0 Å². The van der Waals surface area contributed by atoms with E-state index in [1.54, 1.807) is 6.07 Å². The van der Waals surface area contributed by atoms with Gasteiger partial charge < -0.3 is 14.9 Å². The van der Waals surface area contributed by atoms with Crippen molar-refractivity contribution in [2.75, 3.05) is 13.2 Å². The number of rotatable bonds is 2. The molecule has 5 nitrogen and oxygen atoms in total. The highest BCUT2D eigenvalue weighted by Gasteiger charge is 2.56. The van der Waals surface area contributed by atoms with Crippen LogP contribution < -0.4 is 5.32 Å². The van der Waals surface area contributed by atoms with Gasteiger partial charge in [0.15, 0.2) is 5.69 Å². The number of carbonyl (C=O) groups is 1. The minimum absolute atomic E-state index is 0.00734. The van der Waals surface area contributed by atoms with Crippen LogP contribution in [-0.4, -0.2) is 24.1 Å². The van der Waals surface area contributed by atoms with Gasteiger partial charge in [-0.05, 0) is 18.9 Å². The quantitative estimate of drug-likeness (QED) is 0.837. The van der Waals surface area contributed by atoms with E-state index in [4.69, 9.17) is 11.3 Å². The average molecular weight is 271 g/mol. The van der Waals surface area contributed by atoms with Crippen molar-refractivity contribution in [1.82, 2.24) is 10.3 Å². The standard InChI is InChI=1S/C15H17N3O2/c1-4-14(5-2)12-10(6-7-11(16-3)17-12)15(8-20-9-15)18-13(14)19/h6-7H,4-5,8-9H2,1-2H3,(H,18,19). The smallest absolute Gasteiger partial charge is 0.269 e. The van der Waals surface area contributed by atoms with E-state index in [2.05, 4.69) is 15.1 Å². The van der Waals surface area contributed by atoms with Gasteiger partial charge in [0.25, 0.3) is 5.82 Å². The minimum Gasteiger partial charge on any atom is -0.376 e. The fourth-order valence-electron chi connectivity index (χ4n) is 3.21. The van der Waals surface area contributed by atoms with Crippen LogP contribution in [0.1, 0.15) is 37.9 Å². The molecule has 0 saturated carbocycles. The Morgan fingerprint density at radius 1 is 1.40 bits per heavy atom. The molecule has 1 fully saturated rings. The van der Waals surface area contributed by atoms with E-state index < -0.39 is 11.0 Å². The molecule has 1 aromatic heterocycles. The minimum atomic E-state index is -0.628. The van der Waals surface area contributed by atoms with Crippen molar-refractivity contribution in [3.63, 3.8) is 0 Å². The van der Waals surface area contributed by atoms with Crippen LogP contribution in [0.15, 0.2) is 12.1 Å². The molecule has 0 aliphatic carbocycles. The van der Waals surface area contributed by atoms with Crippen molar-refractivity contribution in [2.24, 2.45) is 0 Å². The maximum atomic E-state index is 12.7. The molecular formula is C15H17N3O2. The Morgan fingerprint density at radius 2 is 2.10 bits per heavy atom. The summed E-state index contributed by atoms with van der Waals surface area (Å²) in [7, 11) is 0. The average Bonchev–Trinajstić information content (AvgIpc) is 2.44. The number of aromatic nitrogens is 1. The van der Waals surface area contributed by atoms with Crippen molar-refractivity contribution in [2.45, 2.75) is 37.6 Å². The SMILES string of the molecule is [C-]#[N+]c1ccc2c(n1)C(CC)(CC)C(=O)NC21COC1. The third-order valence-corrected chi connectivity index (χ3v) is 4.66. The Bertz CT molecular complexity index is 610. The van der Waals surface area contributed by atoms with Gasteiger partial charge in [0.1, 0.15) is 11.0 Å². The first-order valence-electron chi connectivity index (χ1n) is 6.92. The zero-order chi connectivity index (χ0) is 14.4. The van der Waals surface area contributed by atoms with Gasteiger partial charge in [-0.3, -0.25) is 4.79 Å². The van der Waals surface area contributed by atoms with E-state index in [1.165, 1.54) is 0 Å². The van der Waals surface area contributed by atoms with E-state index in [1.807, 2.05) is 19.9 Å². The summed E-state index contributed by atoms with van der Waals surface area (Å²) in [6, 6.07) is 3.65. The summed E-state index contributed by atoms with van der Waals surface area (Å²) in [4.78, 5) is 20.6. The van der Waals surface area contributed by atoms with Crippen LogP contribution >= 0.6 is 0 Å². The summed E-state index contributed by atoms with van der Waals surface area (Å²) in [5.74, 6) is 0.355. The second-order valence-electron chi connectivity index (χ2n) is 5.50. The Morgan fingerprint density at radius 3 is 2.60 bits per heavy atom. The third kappa shape index (κ3) is 1.46. The number of fused-ring (bicyclic) bond motifs is 2. The summed E-state index contributed by atoms with van der Waals surface area (Å²) in [6.45, 7) is 12.1. The number of nitrogens with one attached hydrogen (secondary N) is 1. The zero-order valence-corrected chi connectivity index (χ0v) is 11.7. The lowest BCUT2D eigenvalue weighted by molar-refractivity contribution is -0.143. The molecule has 104 valence electrons. The summed E-state index contributed by atoms with van der Waals surface area (Å²) >= 11 is 0. The molecule has 1 aromatic rings. The lowest BCUT2D eigenvalue weighted by Crippen LogP contribution is -2.67. The van der Waals surface area contributed by atoms with E-state index in [9.17, 15) is 4.79 Å². The van der Waals surface area contributed by atoms with Crippen LogP contribution in [0.4, 0.5) is 5.82 Å². The van der Waals surface area contributed by atoms with Crippen LogP contribution in [0.25, 0.3) is 4.85 Å². The number of ether oxygens (including phenoxy) is 1. The topological polar surface area (TPSA) is 55.6 Å². The molecule has 0 atom stereocenters. The molecule has 0 bridgehead atoms. The largest absolute Gasteiger partial charge is 0.376 e. The van der Waals surface area contributed by atoms with E-state index >= 15 is 0 Å². The number of carbonyl (C=O) groups excluding carboxylic acids is 1. The monoisotopic (exact) mass is 271 g/mol. The number of nitrogens with zero attached hydrogens (tertiary/aromatic N) is 2. The Labute approximate surface area is 118 Å². The highest BCUT2D eigenvalue weighted by Crippen LogP contribution is 2.45. The van der Waals surface area contributed by atoms with Gasteiger partial charge in [-0.25, -0.2) is 0 Å². The van der Waals surface area contributed by atoms with Gasteiger partial charge >= 0.3 is 0 Å². The number of pyridine rings is 1. The number of hydrogen-bond donors (Lipinski definition) is 1. The summed E-state index contributed by atoms with van der Waals surface area (Å²) in [5.41, 5.74) is 0.715. The fraction of sp³-hybridized carbons (Fsp3) is 0.533. The highest BCUT2D eigenvalue weighted by atomic mass is 16.5. The van der Waals surface area contributed by atoms with Crippen LogP contribution in [0.5, 0.6) is 0 Å². The maximum absolute atomic E-state index is 12.7. The molecule has 5 heteroatoms. The summed E-state index contributed by atoms with van der Waals surface area (Å²) in [6.07, 6.45) is 1.35. The molecule has 2 aliphatic rings. The molecule has 0 unspecified atom stereocenters. The predicted octanol–water partition coefficient (Wildman–Crippen LogP) is 2.05. The molecule has 0 radical (unpaired) electrons. The highest BCUT2D eigenvalue weighted by molar-refractivity contribution is 5.91. The normalized spacial score (nSPS) is 21.6. The van der Waals surface area contributed by atoms with Crippen LogP contribution in [-0.2, 0) is 20.5 Å². The van der Waals surface area contributed by atoms with Crippen LogP contribution in [0, 0.1) is 6.57 Å². The zero-order valence-electron chi connectivity index (χ0n) is 11.7. The van der Waals surface area contributed by atoms with Gasteiger partial charge in [0.05, 0.1) is 13.2 Å². The predicted molar refractivity (Wildman–Crippen MR) is 73.4 cm³/mol. The first-order valence-corrected chi connectivity index (χ1v) is 6.92. The summed E-state index contributed by atoms with van der Waals surface area (Å²) in [5, 5.41) is 3.13. The van der Waals surface area contributed by atoms with Gasteiger partial charge in [-0.2, -0.15) is 0 Å². The molecule has 1 amide bonds. The molecule has 0 aromatic carbocycles.